The van der Waals surface area contributed by atoms with Crippen molar-refractivity contribution in [2.75, 3.05) is 12.8 Å². The average Bonchev–Trinajstić information content (AvgIpc) is 2.67. The minimum atomic E-state index is -0.126. The standard InChI is InChI=1S/C14H24N2.C11H13FS/c1-6-9-11-13(12(4)10-7-2)14(15-5)16-8-3;12-10-5-2-6-11(7-10)13-8-9-3-1-4-9/h8-11,15H,6-7H2,1-5H3;2,5-7,9H,1,3-4,8H2/b11-9-,12-10+,14-13-,16-8-;. The van der Waals surface area contributed by atoms with E-state index in [0.717, 1.165) is 35.2 Å². The number of nitrogens with zero attached hydrogens (tertiary/aromatic N) is 1. The van der Waals surface area contributed by atoms with E-state index in [1.165, 1.54) is 36.5 Å². The number of benzene rings is 1. The third-order valence-corrected chi connectivity index (χ3v) is 5.94. The Morgan fingerprint density at radius 3 is 2.55 bits per heavy atom. The van der Waals surface area contributed by atoms with Gasteiger partial charge in [-0.15, -0.1) is 11.8 Å². The van der Waals surface area contributed by atoms with Gasteiger partial charge >= 0.3 is 0 Å². The van der Waals surface area contributed by atoms with E-state index in [1.807, 2.05) is 26.3 Å². The highest BCUT2D eigenvalue weighted by molar-refractivity contribution is 7.99. The number of thioether (sulfide) groups is 1. The van der Waals surface area contributed by atoms with E-state index in [9.17, 15) is 4.39 Å². The molecule has 0 atom stereocenters. The molecule has 0 aromatic heterocycles. The molecule has 1 aliphatic rings. The maximum Gasteiger partial charge on any atom is 0.132 e. The first-order valence-electron chi connectivity index (χ1n) is 10.7. The molecule has 0 spiro atoms. The second kappa shape index (κ2) is 15.1. The van der Waals surface area contributed by atoms with Gasteiger partial charge in [-0.05, 0) is 69.2 Å². The van der Waals surface area contributed by atoms with Crippen LogP contribution >= 0.6 is 11.8 Å². The molecule has 0 saturated heterocycles. The zero-order valence-corrected chi connectivity index (χ0v) is 19.5. The number of hydrogen-bond acceptors (Lipinski definition) is 3. The van der Waals surface area contributed by atoms with Crippen molar-refractivity contribution < 1.29 is 4.39 Å². The van der Waals surface area contributed by atoms with Gasteiger partial charge in [-0.2, -0.15) is 0 Å². The monoisotopic (exact) mass is 416 g/mol. The van der Waals surface area contributed by atoms with Crippen molar-refractivity contribution in [3.8, 4) is 0 Å². The van der Waals surface area contributed by atoms with Crippen molar-refractivity contribution >= 4 is 18.0 Å². The predicted octanol–water partition coefficient (Wildman–Crippen LogP) is 7.55. The highest BCUT2D eigenvalue weighted by atomic mass is 32.2. The minimum Gasteiger partial charge on any atom is -0.373 e. The molecule has 0 unspecified atom stereocenters. The van der Waals surface area contributed by atoms with Crippen LogP contribution in [0.15, 0.2) is 69.3 Å². The second-order valence-corrected chi connectivity index (χ2v) is 8.16. The number of hydrogen-bond donors (Lipinski definition) is 1. The summed E-state index contributed by atoms with van der Waals surface area (Å²) in [5.41, 5.74) is 2.44. The van der Waals surface area contributed by atoms with E-state index >= 15 is 0 Å². The number of rotatable bonds is 9. The Morgan fingerprint density at radius 1 is 1.28 bits per heavy atom. The smallest absolute Gasteiger partial charge is 0.132 e. The zero-order valence-electron chi connectivity index (χ0n) is 18.7. The van der Waals surface area contributed by atoms with Crippen molar-refractivity contribution in [1.29, 1.82) is 0 Å². The third-order valence-electron chi connectivity index (χ3n) is 4.71. The lowest BCUT2D eigenvalue weighted by molar-refractivity contribution is 0.353. The molecule has 0 aliphatic heterocycles. The molecule has 2 nitrogen and oxygen atoms in total. The lowest BCUT2D eigenvalue weighted by atomic mass is 9.87. The SMILES string of the molecule is C\C=N/C(NC)=C(/C=C\CC)C(\C)=C\CC.Fc1cccc(SCC2CCC2)c1. The molecule has 29 heavy (non-hydrogen) atoms. The van der Waals surface area contributed by atoms with Crippen LogP contribution in [-0.4, -0.2) is 19.0 Å². The van der Waals surface area contributed by atoms with Crippen LogP contribution in [0.2, 0.25) is 0 Å². The lowest BCUT2D eigenvalue weighted by Crippen LogP contribution is -2.13. The van der Waals surface area contributed by atoms with Gasteiger partial charge in [0.15, 0.2) is 0 Å². The molecular weight excluding hydrogens is 379 g/mol. The van der Waals surface area contributed by atoms with Gasteiger partial charge in [0.05, 0.1) is 0 Å². The molecular formula is C25H37FN2S. The molecule has 0 radical (unpaired) electrons. The van der Waals surface area contributed by atoms with Crippen molar-refractivity contribution in [2.24, 2.45) is 10.9 Å². The van der Waals surface area contributed by atoms with Crippen LogP contribution in [0.25, 0.3) is 0 Å². The van der Waals surface area contributed by atoms with Gasteiger partial charge in [0.25, 0.3) is 0 Å². The van der Waals surface area contributed by atoms with E-state index in [-0.39, 0.29) is 5.82 Å². The van der Waals surface area contributed by atoms with Crippen molar-refractivity contribution in [1.82, 2.24) is 5.32 Å². The Bertz CT molecular complexity index is 715. The molecule has 1 saturated carbocycles. The lowest BCUT2D eigenvalue weighted by Gasteiger charge is -2.24. The van der Waals surface area contributed by atoms with Crippen LogP contribution in [-0.2, 0) is 0 Å². The Morgan fingerprint density at radius 2 is 2.03 bits per heavy atom. The summed E-state index contributed by atoms with van der Waals surface area (Å²) in [7, 11) is 1.90. The predicted molar refractivity (Wildman–Crippen MR) is 128 cm³/mol. The van der Waals surface area contributed by atoms with Gasteiger partial charge in [-0.3, -0.25) is 0 Å². The normalized spacial score (nSPS) is 15.7. The zero-order chi connectivity index (χ0) is 21.5. The van der Waals surface area contributed by atoms with Gasteiger partial charge in [-0.25, -0.2) is 9.38 Å². The van der Waals surface area contributed by atoms with Gasteiger partial charge in [0.1, 0.15) is 11.6 Å². The summed E-state index contributed by atoms with van der Waals surface area (Å²) in [6.07, 6.45) is 14.5. The molecule has 1 N–H and O–H groups in total. The van der Waals surface area contributed by atoms with Crippen LogP contribution in [0.4, 0.5) is 4.39 Å². The van der Waals surface area contributed by atoms with E-state index < -0.39 is 0 Å². The Hall–Kier alpha value is -1.81. The molecule has 0 bridgehead atoms. The number of allylic oxidation sites excluding steroid dienone is 5. The summed E-state index contributed by atoms with van der Waals surface area (Å²) in [5.74, 6) is 2.84. The van der Waals surface area contributed by atoms with Gasteiger partial charge in [-0.1, -0.05) is 44.6 Å². The van der Waals surface area contributed by atoms with E-state index in [0.29, 0.717) is 0 Å². The van der Waals surface area contributed by atoms with E-state index in [2.05, 4.69) is 49.3 Å². The van der Waals surface area contributed by atoms with Crippen molar-refractivity contribution in [3.05, 3.63) is 65.3 Å². The van der Waals surface area contributed by atoms with Crippen LogP contribution in [0.3, 0.4) is 0 Å². The molecule has 1 aromatic rings. The second-order valence-electron chi connectivity index (χ2n) is 7.07. The summed E-state index contributed by atoms with van der Waals surface area (Å²) < 4.78 is 12.8. The maximum absolute atomic E-state index is 12.8. The first-order valence-corrected chi connectivity index (χ1v) is 11.7. The largest absolute Gasteiger partial charge is 0.373 e. The molecule has 4 heteroatoms. The van der Waals surface area contributed by atoms with Gasteiger partial charge in [0.2, 0.25) is 0 Å². The molecule has 160 valence electrons. The quantitative estimate of drug-likeness (QED) is 0.255. The van der Waals surface area contributed by atoms with Crippen LogP contribution in [0.1, 0.15) is 59.8 Å². The molecule has 0 amide bonds. The molecule has 1 aromatic carbocycles. The first kappa shape index (κ1) is 25.2. The highest BCUT2D eigenvalue weighted by Crippen LogP contribution is 2.32. The molecule has 1 aliphatic carbocycles. The number of nitrogens with one attached hydrogen (secondary N) is 1. The fraction of sp³-hybridized carbons (Fsp3) is 0.480. The Labute approximate surface area is 181 Å². The average molecular weight is 417 g/mol. The van der Waals surface area contributed by atoms with Crippen molar-refractivity contribution in [2.45, 2.75) is 64.7 Å². The third kappa shape index (κ3) is 9.98. The highest BCUT2D eigenvalue weighted by Gasteiger charge is 2.17. The van der Waals surface area contributed by atoms with Crippen LogP contribution < -0.4 is 5.32 Å². The minimum absolute atomic E-state index is 0.126. The number of aliphatic imine (C=N–C) groups is 1. The molecule has 1 fully saturated rings. The Balaban J connectivity index is 0.000000294. The summed E-state index contributed by atoms with van der Waals surface area (Å²) in [5, 5.41) is 3.14. The number of halogens is 1. The van der Waals surface area contributed by atoms with Gasteiger partial charge < -0.3 is 5.32 Å². The summed E-state index contributed by atoms with van der Waals surface area (Å²) in [6.45, 7) is 8.33. The van der Waals surface area contributed by atoms with Crippen LogP contribution in [0.5, 0.6) is 0 Å². The summed E-state index contributed by atoms with van der Waals surface area (Å²) in [4.78, 5) is 5.41. The maximum atomic E-state index is 12.8. The molecule has 2 rings (SSSR count). The van der Waals surface area contributed by atoms with E-state index in [1.54, 1.807) is 23.9 Å². The summed E-state index contributed by atoms with van der Waals surface area (Å²) in [6, 6.07) is 6.86. The first-order chi connectivity index (χ1) is 14.0. The van der Waals surface area contributed by atoms with Crippen LogP contribution in [0, 0.1) is 11.7 Å². The molecule has 0 heterocycles. The van der Waals surface area contributed by atoms with E-state index in [4.69, 9.17) is 0 Å². The summed E-state index contributed by atoms with van der Waals surface area (Å²) >= 11 is 1.78. The Kier molecular flexibility index (Phi) is 13.1. The fourth-order valence-corrected chi connectivity index (χ4v) is 4.01. The van der Waals surface area contributed by atoms with Crippen molar-refractivity contribution in [3.63, 3.8) is 0 Å². The topological polar surface area (TPSA) is 24.4 Å². The fourth-order valence-electron chi connectivity index (χ4n) is 2.88. The van der Waals surface area contributed by atoms with Gasteiger partial charge in [0, 0.05) is 29.5 Å².